The van der Waals surface area contributed by atoms with Gasteiger partial charge in [0, 0.05) is 224 Å². The molecule has 0 amide bonds. The van der Waals surface area contributed by atoms with E-state index in [1.54, 1.807) is 76.7 Å². The van der Waals surface area contributed by atoms with Gasteiger partial charge in [-0.1, -0.05) is 0 Å². The standard InChI is InChI=1S/C23H23F3N6O.2C22H21F3N6O.C21H19F3N6O/c1-13-8-30(9-14(2)27-13)17-4-5-20-29-19(7-21(33)32(20)12-17)16-6-18(23(24,25)26)22-28-15(3)10-31(22)11-16;2*1-13-9-29(6-5-26-13)16-3-4-19-28-18(8-20(32)31(19)12-16)15-7-17(22(23,24)25)21-27-14(2)10-30(21)11-15;1-13-10-29-11-14(8-16(20(29)26-13)21(22,23)24)17-9-19(31)30-12-15(2-3-18(30)27-17)28-6-4-25-5-7-28/h4-7,10-14,27H,8-9H2,1-3H3;2*3-4,7-8,10-13,26H,5-6,9H2,1-2H3;2-3,8-12,25H,4-7H2,1H3/t13-,14+;2*13-;/m.10./s1. The minimum Gasteiger partial charge on any atom is -0.368 e. The first-order chi connectivity index (χ1) is 60.7. The third-order valence-corrected chi connectivity index (χ3v) is 22.5. The minimum absolute atomic E-state index is 0.174. The summed E-state index contributed by atoms with van der Waals surface area (Å²) in [6.45, 7) is 24.9. The predicted molar refractivity (Wildman–Crippen MR) is 460 cm³/mol. The van der Waals surface area contributed by atoms with Crippen molar-refractivity contribution in [2.24, 2.45) is 0 Å². The van der Waals surface area contributed by atoms with Crippen LogP contribution in [0.5, 0.6) is 0 Å². The molecular formula is C88H84F12N24O4. The maximum atomic E-state index is 13.7. The van der Waals surface area contributed by atoms with Crippen LogP contribution in [0.15, 0.2) is 191 Å². The van der Waals surface area contributed by atoms with E-state index in [2.05, 4.69) is 108 Å². The Balaban J connectivity index is 0.000000120. The maximum absolute atomic E-state index is 13.7. The molecule has 4 aliphatic rings. The minimum atomic E-state index is -4.59. The summed E-state index contributed by atoms with van der Waals surface area (Å²) in [5.41, 5.74) is 2.85. The SMILES string of the molecule is Cc1cn2cc(-c3cc(=O)n4cc(N5CCNCC5)ccc4n3)cc(C(F)(F)F)c2n1.Cc1cn2cc(-c3cc(=O)n4cc(N5CCN[C@@H](C)C5)ccc4n3)cc(C(F)(F)F)c2n1.Cc1cn2cc(-c3cc(=O)n4cc(N5CCN[C@H](C)C5)ccc4n3)cc(C(F)(F)F)c2n1.Cc1cn2cc(-c3cc(=O)n4cc(N5C[C@@H](C)N[C@@H](C)C5)ccc4n3)cc(C(F)(F)F)c2n1. The summed E-state index contributed by atoms with van der Waals surface area (Å²) < 4.78 is 175. The molecule has 0 aromatic carbocycles. The van der Waals surface area contributed by atoms with Crippen LogP contribution in [0, 0.1) is 27.7 Å². The van der Waals surface area contributed by atoms with Gasteiger partial charge in [-0.2, -0.15) is 52.7 Å². The molecule has 0 radical (unpaired) electrons. The summed E-state index contributed by atoms with van der Waals surface area (Å²) in [6, 6.07) is 24.7. The largest absolute Gasteiger partial charge is 0.420 e. The Morgan fingerprint density at radius 3 is 0.812 bits per heavy atom. The molecule has 664 valence electrons. The lowest BCUT2D eigenvalue weighted by atomic mass is 10.1. The Kier molecular flexibility index (Phi) is 22.7. The number of hydrogen-bond donors (Lipinski definition) is 4. The summed E-state index contributed by atoms with van der Waals surface area (Å²) in [7, 11) is 0. The molecule has 16 aromatic rings. The molecule has 0 bridgehead atoms. The molecule has 4 saturated heterocycles. The van der Waals surface area contributed by atoms with Gasteiger partial charge in [-0.15, -0.1) is 0 Å². The van der Waals surface area contributed by atoms with E-state index >= 15 is 0 Å². The van der Waals surface area contributed by atoms with Crippen molar-refractivity contribution in [3.05, 3.63) is 258 Å². The second-order valence-corrected chi connectivity index (χ2v) is 32.6. The smallest absolute Gasteiger partial charge is 0.368 e. The van der Waals surface area contributed by atoms with E-state index in [1.165, 1.54) is 109 Å². The third-order valence-electron chi connectivity index (χ3n) is 22.5. The molecule has 0 aliphatic carbocycles. The van der Waals surface area contributed by atoms with Crippen molar-refractivity contribution < 1.29 is 52.7 Å². The fraction of sp³-hybridized carbons (Fsp3) is 0.318. The lowest BCUT2D eigenvalue weighted by Crippen LogP contribution is -2.54. The van der Waals surface area contributed by atoms with Crippen molar-refractivity contribution in [3.8, 4) is 45.0 Å². The van der Waals surface area contributed by atoms with Gasteiger partial charge in [-0.05, 0) is 128 Å². The average Bonchev–Trinajstić information content (AvgIpc) is 1.40. The van der Waals surface area contributed by atoms with E-state index in [0.717, 1.165) is 126 Å². The van der Waals surface area contributed by atoms with Crippen LogP contribution >= 0.6 is 0 Å². The molecule has 4 atom stereocenters. The van der Waals surface area contributed by atoms with Crippen LogP contribution in [-0.4, -0.2) is 178 Å². The number of anilines is 4. The topological polar surface area (TPSA) is 268 Å². The second kappa shape index (κ2) is 33.6. The monoisotopic (exact) mass is 1770 g/mol. The second-order valence-electron chi connectivity index (χ2n) is 32.6. The van der Waals surface area contributed by atoms with Gasteiger partial charge >= 0.3 is 24.7 Å². The van der Waals surface area contributed by atoms with Gasteiger partial charge in [0.2, 0.25) is 0 Å². The number of rotatable bonds is 8. The first kappa shape index (κ1) is 86.5. The van der Waals surface area contributed by atoms with Crippen LogP contribution in [0.4, 0.5) is 75.4 Å². The third kappa shape index (κ3) is 18.0. The Morgan fingerprint density at radius 2 is 0.547 bits per heavy atom. The number of fused-ring (bicyclic) bond motifs is 8. The lowest BCUT2D eigenvalue weighted by Gasteiger charge is -2.37. The van der Waals surface area contributed by atoms with Crippen molar-refractivity contribution in [3.63, 3.8) is 0 Å². The van der Waals surface area contributed by atoms with Crippen molar-refractivity contribution >= 4 is 67.9 Å². The number of halogens is 12. The number of nitrogens with one attached hydrogen (secondary N) is 4. The molecular weight excluding hydrogens is 1690 g/mol. The van der Waals surface area contributed by atoms with Gasteiger partial charge < -0.3 is 58.5 Å². The van der Waals surface area contributed by atoms with Gasteiger partial charge in [0.05, 0.1) is 90.6 Å². The zero-order valence-electron chi connectivity index (χ0n) is 70.1. The highest BCUT2D eigenvalue weighted by molar-refractivity contribution is 5.72. The Hall–Kier alpha value is -13.6. The zero-order valence-corrected chi connectivity index (χ0v) is 70.1. The molecule has 128 heavy (non-hydrogen) atoms. The molecule has 0 unspecified atom stereocenters. The van der Waals surface area contributed by atoms with E-state index in [-0.39, 0.29) is 89.9 Å². The summed E-state index contributed by atoms with van der Waals surface area (Å²) >= 11 is 0. The number of piperazine rings is 4. The average molecular weight is 1770 g/mol. The molecule has 4 N–H and O–H groups in total. The van der Waals surface area contributed by atoms with Crippen molar-refractivity contribution in [1.82, 2.24) is 96.3 Å². The highest BCUT2D eigenvalue weighted by Crippen LogP contribution is 2.40. The van der Waals surface area contributed by atoms with Crippen LogP contribution in [-0.2, 0) is 24.7 Å². The van der Waals surface area contributed by atoms with Crippen LogP contribution in [0.25, 0.3) is 90.2 Å². The number of pyridine rings is 8. The summed E-state index contributed by atoms with van der Waals surface area (Å²) in [5.74, 6) is 0. The van der Waals surface area contributed by atoms with Gasteiger partial charge in [-0.25, -0.2) is 39.9 Å². The molecule has 0 saturated carbocycles. The quantitative estimate of drug-likeness (QED) is 0.103. The number of nitrogens with zero attached hydrogens (tertiary/aromatic N) is 20. The molecule has 20 heterocycles. The molecule has 40 heteroatoms. The van der Waals surface area contributed by atoms with Crippen LogP contribution in [0.2, 0.25) is 0 Å². The highest BCUT2D eigenvalue weighted by atomic mass is 19.4. The van der Waals surface area contributed by atoms with E-state index in [0.29, 0.717) is 69.5 Å². The van der Waals surface area contributed by atoms with E-state index < -0.39 is 47.0 Å². The normalized spacial score (nSPS) is 17.4. The number of hydrogen-bond acceptors (Lipinski definition) is 20. The fourth-order valence-electron chi connectivity index (χ4n) is 16.8. The summed E-state index contributed by atoms with van der Waals surface area (Å²) in [4.78, 5) is 94.1. The molecule has 0 spiro atoms. The lowest BCUT2D eigenvalue weighted by molar-refractivity contribution is -0.137. The van der Waals surface area contributed by atoms with Crippen LogP contribution < -0.4 is 63.1 Å². The Morgan fingerprint density at radius 1 is 0.297 bits per heavy atom. The summed E-state index contributed by atoms with van der Waals surface area (Å²) in [5, 5.41) is 13.5. The van der Waals surface area contributed by atoms with Crippen molar-refractivity contribution in [2.75, 3.05) is 98.1 Å². The first-order valence-electron chi connectivity index (χ1n) is 41.1. The van der Waals surface area contributed by atoms with Crippen molar-refractivity contribution in [2.45, 2.75) is 104 Å². The van der Waals surface area contributed by atoms with Crippen LogP contribution in [0.3, 0.4) is 0 Å². The maximum Gasteiger partial charge on any atom is 0.420 e. The van der Waals surface area contributed by atoms with Gasteiger partial charge in [0.1, 0.15) is 45.2 Å². The number of imidazole rings is 4. The molecule has 28 nitrogen and oxygen atoms in total. The number of aryl methyl sites for hydroxylation is 4. The van der Waals surface area contributed by atoms with E-state index in [9.17, 15) is 71.9 Å². The van der Waals surface area contributed by atoms with Gasteiger partial charge in [-0.3, -0.25) is 36.8 Å². The molecule has 4 fully saturated rings. The Bertz CT molecular complexity index is 7040. The molecule has 4 aliphatic heterocycles. The molecule has 20 rings (SSSR count). The first-order valence-corrected chi connectivity index (χ1v) is 41.1. The number of aromatic nitrogens is 16. The van der Waals surface area contributed by atoms with Gasteiger partial charge in [0.25, 0.3) is 22.2 Å². The highest BCUT2D eigenvalue weighted by Gasteiger charge is 2.39. The predicted octanol–water partition coefficient (Wildman–Crippen LogP) is 12.5. The van der Waals surface area contributed by atoms with Crippen molar-refractivity contribution in [1.29, 1.82) is 0 Å². The molecule has 16 aromatic heterocycles. The fourth-order valence-corrected chi connectivity index (χ4v) is 16.8. The van der Waals surface area contributed by atoms with E-state index in [4.69, 9.17) is 0 Å². The zero-order chi connectivity index (χ0) is 90.5. The number of alkyl halides is 12. The van der Waals surface area contributed by atoms with E-state index in [1.807, 2.05) is 24.3 Å². The summed E-state index contributed by atoms with van der Waals surface area (Å²) in [6.07, 6.45) is 0.700. The Labute approximate surface area is 719 Å². The van der Waals surface area contributed by atoms with Crippen LogP contribution in [0.1, 0.15) is 72.7 Å². The van der Waals surface area contributed by atoms with Gasteiger partial charge in [0.15, 0.2) is 0 Å².